The molecule has 0 aliphatic heterocycles. The minimum absolute atomic E-state index is 0.0813. The maximum Gasteiger partial charge on any atom is 0.251 e. The number of H-pyrrole nitrogens is 1. The third-order valence-corrected chi connectivity index (χ3v) is 4.61. The van der Waals surface area contributed by atoms with Gasteiger partial charge in [0.25, 0.3) is 5.56 Å². The lowest BCUT2D eigenvalue weighted by Crippen LogP contribution is -2.26. The van der Waals surface area contributed by atoms with Crippen LogP contribution in [0, 0.1) is 0 Å². The zero-order valence-electron chi connectivity index (χ0n) is 15.0. The third-order valence-electron chi connectivity index (χ3n) is 4.37. The summed E-state index contributed by atoms with van der Waals surface area (Å²) in [6, 6.07) is 14.8. The number of pyridine rings is 1. The van der Waals surface area contributed by atoms with Gasteiger partial charge in [-0.3, -0.25) is 9.59 Å². The second-order valence-corrected chi connectivity index (χ2v) is 6.74. The van der Waals surface area contributed by atoms with Crippen molar-refractivity contribution < 1.29 is 9.53 Å². The average molecular weight is 385 g/mol. The predicted octanol–water partition coefficient (Wildman–Crippen LogP) is 3.48. The van der Waals surface area contributed by atoms with Gasteiger partial charge in [0.1, 0.15) is 5.75 Å². The van der Waals surface area contributed by atoms with Crippen molar-refractivity contribution in [2.24, 2.45) is 0 Å². The molecule has 0 atom stereocenters. The number of fused-ring (bicyclic) bond motifs is 1. The number of methoxy groups -OCH3 is 1. The summed E-state index contributed by atoms with van der Waals surface area (Å²) in [5, 5.41) is 4.45. The maximum absolute atomic E-state index is 12.2. The Hall–Kier alpha value is -2.79. The molecule has 2 N–H and O–H groups in total. The number of hydrogen-bond acceptors (Lipinski definition) is 3. The second-order valence-electron chi connectivity index (χ2n) is 6.31. The van der Waals surface area contributed by atoms with E-state index in [1.54, 1.807) is 13.2 Å². The number of halogens is 1. The maximum atomic E-state index is 12.2. The molecule has 0 radical (unpaired) electrons. The third kappa shape index (κ3) is 5.11. The van der Waals surface area contributed by atoms with Crippen LogP contribution < -0.4 is 15.6 Å². The molecule has 1 aromatic heterocycles. The van der Waals surface area contributed by atoms with Gasteiger partial charge in [-0.15, -0.1) is 0 Å². The highest BCUT2D eigenvalue weighted by molar-refractivity contribution is 6.30. The topological polar surface area (TPSA) is 71.2 Å². The van der Waals surface area contributed by atoms with E-state index in [1.807, 2.05) is 42.5 Å². The van der Waals surface area contributed by atoms with Gasteiger partial charge in [0.15, 0.2) is 0 Å². The molecule has 0 aliphatic carbocycles. The van der Waals surface area contributed by atoms with E-state index in [1.165, 1.54) is 0 Å². The molecule has 27 heavy (non-hydrogen) atoms. The smallest absolute Gasteiger partial charge is 0.251 e. The lowest BCUT2D eigenvalue weighted by molar-refractivity contribution is -0.121. The van der Waals surface area contributed by atoms with E-state index in [4.69, 9.17) is 16.3 Å². The van der Waals surface area contributed by atoms with Crippen LogP contribution in [-0.4, -0.2) is 24.5 Å². The number of ether oxygens (including phenoxy) is 1. The van der Waals surface area contributed by atoms with Crippen LogP contribution in [0.15, 0.2) is 53.3 Å². The highest BCUT2D eigenvalue weighted by atomic mass is 35.5. The standard InChI is InChI=1S/C21H21ClN2O3/c1-27-18-6-7-19-16(13-18)12-15(21(26)24-19)5-8-20(25)23-10-9-14-3-2-4-17(22)11-14/h2-4,6-7,11-13H,5,8-10H2,1H3,(H,23,25)(H,24,26). The van der Waals surface area contributed by atoms with Crippen LogP contribution in [0.1, 0.15) is 17.5 Å². The van der Waals surface area contributed by atoms with Crippen molar-refractivity contribution in [2.45, 2.75) is 19.3 Å². The number of hydrogen-bond donors (Lipinski definition) is 2. The molecule has 0 bridgehead atoms. The van der Waals surface area contributed by atoms with Crippen LogP contribution in [-0.2, 0) is 17.6 Å². The molecule has 1 heterocycles. The molecule has 0 fully saturated rings. The fourth-order valence-corrected chi connectivity index (χ4v) is 3.13. The molecule has 140 valence electrons. The Morgan fingerprint density at radius 1 is 1.15 bits per heavy atom. The van der Waals surface area contributed by atoms with Crippen LogP contribution in [0.3, 0.4) is 0 Å². The summed E-state index contributed by atoms with van der Waals surface area (Å²) in [6.45, 7) is 0.532. The van der Waals surface area contributed by atoms with Gasteiger partial charge < -0.3 is 15.0 Å². The monoisotopic (exact) mass is 384 g/mol. The van der Waals surface area contributed by atoms with Crippen LogP contribution in [0.4, 0.5) is 0 Å². The van der Waals surface area contributed by atoms with Gasteiger partial charge in [0.05, 0.1) is 7.11 Å². The van der Waals surface area contributed by atoms with E-state index in [2.05, 4.69) is 10.3 Å². The number of carbonyl (C=O) groups is 1. The van der Waals surface area contributed by atoms with Gasteiger partial charge in [-0.05, 0) is 54.8 Å². The van der Waals surface area contributed by atoms with Gasteiger partial charge >= 0.3 is 0 Å². The number of aromatic amines is 1. The Kier molecular flexibility index (Phi) is 6.14. The summed E-state index contributed by atoms with van der Waals surface area (Å²) in [6.07, 6.45) is 1.35. The first-order valence-electron chi connectivity index (χ1n) is 8.76. The number of amides is 1. The molecule has 1 amide bonds. The summed E-state index contributed by atoms with van der Waals surface area (Å²) in [5.74, 6) is 0.640. The number of nitrogens with one attached hydrogen (secondary N) is 2. The molecule has 3 rings (SSSR count). The molecule has 0 unspecified atom stereocenters. The molecule has 0 aliphatic rings. The first-order valence-corrected chi connectivity index (χ1v) is 9.14. The van der Waals surface area contributed by atoms with E-state index in [-0.39, 0.29) is 17.9 Å². The van der Waals surface area contributed by atoms with Crippen LogP contribution in [0.5, 0.6) is 5.75 Å². The molecule has 0 saturated heterocycles. The minimum atomic E-state index is -0.167. The molecule has 2 aromatic carbocycles. The van der Waals surface area contributed by atoms with E-state index in [0.717, 1.165) is 22.2 Å². The fourth-order valence-electron chi connectivity index (χ4n) is 2.92. The number of rotatable bonds is 7. The molecule has 5 nitrogen and oxygen atoms in total. The quantitative estimate of drug-likeness (QED) is 0.655. The zero-order valence-corrected chi connectivity index (χ0v) is 15.8. The molecule has 3 aromatic rings. The van der Waals surface area contributed by atoms with Crippen LogP contribution in [0.25, 0.3) is 10.9 Å². The van der Waals surface area contributed by atoms with Crippen molar-refractivity contribution in [2.75, 3.05) is 13.7 Å². The van der Waals surface area contributed by atoms with Crippen LogP contribution in [0.2, 0.25) is 5.02 Å². The van der Waals surface area contributed by atoms with Gasteiger partial charge in [0, 0.05) is 34.5 Å². The Morgan fingerprint density at radius 2 is 2.00 bits per heavy atom. The van der Waals surface area contributed by atoms with Gasteiger partial charge in [-0.25, -0.2) is 0 Å². The summed E-state index contributed by atoms with van der Waals surface area (Å²) in [5.41, 5.74) is 2.23. The lowest BCUT2D eigenvalue weighted by Gasteiger charge is -2.07. The summed E-state index contributed by atoms with van der Waals surface area (Å²) in [7, 11) is 1.60. The normalized spacial score (nSPS) is 10.7. The molecule has 0 saturated carbocycles. The number of aryl methyl sites for hydroxylation is 1. The SMILES string of the molecule is COc1ccc2[nH]c(=O)c(CCC(=O)NCCc3cccc(Cl)c3)cc2c1. The van der Waals surface area contributed by atoms with Crippen molar-refractivity contribution in [1.82, 2.24) is 10.3 Å². The van der Waals surface area contributed by atoms with Gasteiger partial charge in [-0.1, -0.05) is 23.7 Å². The Bertz CT molecular complexity index is 1010. The summed E-state index contributed by atoms with van der Waals surface area (Å²) < 4.78 is 5.21. The van der Waals surface area contributed by atoms with E-state index in [0.29, 0.717) is 30.0 Å². The van der Waals surface area contributed by atoms with E-state index >= 15 is 0 Å². The number of carbonyl (C=O) groups excluding carboxylic acids is 1. The summed E-state index contributed by atoms with van der Waals surface area (Å²) >= 11 is 5.95. The number of benzene rings is 2. The molecule has 6 heteroatoms. The van der Waals surface area contributed by atoms with Crippen molar-refractivity contribution in [3.63, 3.8) is 0 Å². The zero-order chi connectivity index (χ0) is 19.2. The average Bonchev–Trinajstić information content (AvgIpc) is 2.66. The first kappa shape index (κ1) is 19.0. The molecule has 0 spiro atoms. The van der Waals surface area contributed by atoms with Crippen LogP contribution >= 0.6 is 11.6 Å². The number of aromatic nitrogens is 1. The second kappa shape index (κ2) is 8.73. The largest absolute Gasteiger partial charge is 0.497 e. The highest BCUT2D eigenvalue weighted by Crippen LogP contribution is 2.19. The Balaban J connectivity index is 1.56. The molecular formula is C21H21ClN2O3. The lowest BCUT2D eigenvalue weighted by atomic mass is 10.1. The summed E-state index contributed by atoms with van der Waals surface area (Å²) in [4.78, 5) is 27.1. The van der Waals surface area contributed by atoms with E-state index in [9.17, 15) is 9.59 Å². The predicted molar refractivity (Wildman–Crippen MR) is 108 cm³/mol. The first-order chi connectivity index (χ1) is 13.0. The van der Waals surface area contributed by atoms with Gasteiger partial charge in [0.2, 0.25) is 5.91 Å². The highest BCUT2D eigenvalue weighted by Gasteiger charge is 2.08. The van der Waals surface area contributed by atoms with Crippen molar-refractivity contribution >= 4 is 28.4 Å². The Morgan fingerprint density at radius 3 is 2.78 bits per heavy atom. The van der Waals surface area contributed by atoms with Crippen molar-refractivity contribution in [3.8, 4) is 5.75 Å². The van der Waals surface area contributed by atoms with Gasteiger partial charge in [-0.2, -0.15) is 0 Å². The fraction of sp³-hybridized carbons (Fsp3) is 0.238. The molecular weight excluding hydrogens is 364 g/mol. The van der Waals surface area contributed by atoms with Crippen molar-refractivity contribution in [1.29, 1.82) is 0 Å². The van der Waals surface area contributed by atoms with Crippen molar-refractivity contribution in [3.05, 3.63) is 75.0 Å². The van der Waals surface area contributed by atoms with E-state index < -0.39 is 0 Å². The minimum Gasteiger partial charge on any atom is -0.497 e. The Labute approximate surface area is 162 Å².